The number of rotatable bonds is 1. The molecule has 0 bridgehead atoms. The Bertz CT molecular complexity index is 390. The lowest BCUT2D eigenvalue weighted by Gasteiger charge is -2.39. The van der Waals surface area contributed by atoms with Crippen LogP contribution in [-0.4, -0.2) is 34.6 Å². The normalized spacial score (nSPS) is 29.1. The number of hydrogen-bond donors (Lipinski definition) is 1. The first-order valence-corrected chi connectivity index (χ1v) is 6.13. The third-order valence-electron chi connectivity index (χ3n) is 3.54. The number of aliphatic hydroxyl groups excluding tert-OH is 1. The lowest BCUT2D eigenvalue weighted by molar-refractivity contribution is 0.00829. The lowest BCUT2D eigenvalue weighted by atomic mass is 9.91. The van der Waals surface area contributed by atoms with Gasteiger partial charge < -0.3 is 10.0 Å². The highest BCUT2D eigenvalue weighted by molar-refractivity contribution is 5.94. The van der Waals surface area contributed by atoms with Gasteiger partial charge in [-0.3, -0.25) is 4.79 Å². The first-order valence-electron chi connectivity index (χ1n) is 6.13. The zero-order chi connectivity index (χ0) is 12.4. The number of piperidine rings is 1. The number of likely N-dealkylation sites (tertiary alicyclic amines) is 1. The van der Waals surface area contributed by atoms with Crippen LogP contribution in [-0.2, 0) is 0 Å². The van der Waals surface area contributed by atoms with E-state index in [1.54, 1.807) is 0 Å². The topological polar surface area (TPSA) is 40.5 Å². The van der Waals surface area contributed by atoms with Crippen molar-refractivity contribution in [3.63, 3.8) is 0 Å². The summed E-state index contributed by atoms with van der Waals surface area (Å²) in [4.78, 5) is 14.2. The third kappa shape index (κ3) is 2.50. The van der Waals surface area contributed by atoms with Gasteiger partial charge in [0, 0.05) is 18.2 Å². The lowest BCUT2D eigenvalue weighted by Crippen LogP contribution is -2.50. The molecule has 3 atom stereocenters. The fraction of sp³-hybridized carbons (Fsp3) is 0.500. The molecule has 1 aromatic carbocycles. The summed E-state index contributed by atoms with van der Waals surface area (Å²) >= 11 is 0. The van der Waals surface area contributed by atoms with Crippen molar-refractivity contribution in [2.45, 2.75) is 32.4 Å². The molecule has 3 nitrogen and oxygen atoms in total. The molecule has 0 aromatic heterocycles. The Kier molecular flexibility index (Phi) is 3.48. The summed E-state index contributed by atoms with van der Waals surface area (Å²) in [5.41, 5.74) is 0.725. The van der Waals surface area contributed by atoms with Crippen molar-refractivity contribution in [2.75, 3.05) is 6.54 Å². The van der Waals surface area contributed by atoms with Crippen molar-refractivity contribution in [1.82, 2.24) is 4.90 Å². The SMILES string of the molecule is C[C@@H]1CN(C(=O)c2ccccc2)[C@H](C)C[C@@H]1O. The quantitative estimate of drug-likeness (QED) is 0.805. The summed E-state index contributed by atoms with van der Waals surface area (Å²) in [6, 6.07) is 9.44. The van der Waals surface area contributed by atoms with Crippen LogP contribution in [0, 0.1) is 5.92 Å². The Morgan fingerprint density at radius 1 is 1.29 bits per heavy atom. The molecule has 3 heteroatoms. The van der Waals surface area contributed by atoms with Crippen LogP contribution in [0.2, 0.25) is 0 Å². The first kappa shape index (κ1) is 12.1. The van der Waals surface area contributed by atoms with E-state index in [0.29, 0.717) is 13.0 Å². The number of aliphatic hydroxyl groups is 1. The van der Waals surface area contributed by atoms with Crippen LogP contribution in [0.3, 0.4) is 0 Å². The highest BCUT2D eigenvalue weighted by atomic mass is 16.3. The van der Waals surface area contributed by atoms with Crippen LogP contribution in [0.1, 0.15) is 30.6 Å². The highest BCUT2D eigenvalue weighted by Crippen LogP contribution is 2.23. The van der Waals surface area contributed by atoms with Gasteiger partial charge in [-0.1, -0.05) is 25.1 Å². The van der Waals surface area contributed by atoms with Gasteiger partial charge in [-0.15, -0.1) is 0 Å². The smallest absolute Gasteiger partial charge is 0.254 e. The van der Waals surface area contributed by atoms with Gasteiger partial charge in [-0.2, -0.15) is 0 Å². The second kappa shape index (κ2) is 4.88. The van der Waals surface area contributed by atoms with E-state index in [2.05, 4.69) is 0 Å². The molecule has 1 aliphatic heterocycles. The maximum atomic E-state index is 12.3. The minimum Gasteiger partial charge on any atom is -0.393 e. The molecule has 0 saturated carbocycles. The van der Waals surface area contributed by atoms with Crippen molar-refractivity contribution < 1.29 is 9.90 Å². The average molecular weight is 233 g/mol. The molecule has 1 N–H and O–H groups in total. The summed E-state index contributed by atoms with van der Waals surface area (Å²) in [5.74, 6) is 0.218. The average Bonchev–Trinajstić information content (AvgIpc) is 2.34. The van der Waals surface area contributed by atoms with Crippen LogP contribution >= 0.6 is 0 Å². The Morgan fingerprint density at radius 3 is 2.59 bits per heavy atom. The van der Waals surface area contributed by atoms with Crippen LogP contribution in [0.15, 0.2) is 30.3 Å². The molecular formula is C14H19NO2. The van der Waals surface area contributed by atoms with Crippen LogP contribution in [0.4, 0.5) is 0 Å². The van der Waals surface area contributed by atoms with Crippen LogP contribution < -0.4 is 0 Å². The predicted octanol–water partition coefficient (Wildman–Crippen LogP) is 1.92. The van der Waals surface area contributed by atoms with Gasteiger partial charge in [0.2, 0.25) is 0 Å². The monoisotopic (exact) mass is 233 g/mol. The van der Waals surface area contributed by atoms with E-state index in [1.165, 1.54) is 0 Å². The van der Waals surface area contributed by atoms with Gasteiger partial charge >= 0.3 is 0 Å². The molecule has 1 aliphatic rings. The van der Waals surface area contributed by atoms with Gasteiger partial charge in [0.15, 0.2) is 0 Å². The van der Waals surface area contributed by atoms with Crippen molar-refractivity contribution in [3.05, 3.63) is 35.9 Å². The summed E-state index contributed by atoms with van der Waals surface area (Å²) in [7, 11) is 0. The summed E-state index contributed by atoms with van der Waals surface area (Å²) in [5, 5.41) is 9.78. The van der Waals surface area contributed by atoms with E-state index in [1.807, 2.05) is 49.1 Å². The van der Waals surface area contributed by atoms with Crippen LogP contribution in [0.5, 0.6) is 0 Å². The number of hydrogen-bond acceptors (Lipinski definition) is 2. The van der Waals surface area contributed by atoms with E-state index in [-0.39, 0.29) is 24.0 Å². The molecule has 0 radical (unpaired) electrons. The third-order valence-corrected chi connectivity index (χ3v) is 3.54. The van der Waals surface area contributed by atoms with Crippen molar-refractivity contribution >= 4 is 5.91 Å². The Morgan fingerprint density at radius 2 is 1.94 bits per heavy atom. The zero-order valence-corrected chi connectivity index (χ0v) is 10.3. The van der Waals surface area contributed by atoms with Gasteiger partial charge in [0.1, 0.15) is 0 Å². The van der Waals surface area contributed by atoms with Gasteiger partial charge in [0.05, 0.1) is 6.10 Å². The molecular weight excluding hydrogens is 214 g/mol. The molecule has 1 heterocycles. The first-order chi connectivity index (χ1) is 8.09. The number of benzene rings is 1. The summed E-state index contributed by atoms with van der Waals surface area (Å²) < 4.78 is 0. The number of carbonyl (C=O) groups excluding carboxylic acids is 1. The minimum absolute atomic E-state index is 0.0665. The van der Waals surface area contributed by atoms with Gasteiger partial charge in [-0.25, -0.2) is 0 Å². The van der Waals surface area contributed by atoms with Gasteiger partial charge in [-0.05, 0) is 31.4 Å². The van der Waals surface area contributed by atoms with E-state index in [0.717, 1.165) is 5.56 Å². The molecule has 0 unspecified atom stereocenters. The fourth-order valence-electron chi connectivity index (χ4n) is 2.35. The van der Waals surface area contributed by atoms with E-state index < -0.39 is 0 Å². The van der Waals surface area contributed by atoms with Crippen molar-refractivity contribution in [3.8, 4) is 0 Å². The molecule has 0 aliphatic carbocycles. The second-order valence-corrected chi connectivity index (χ2v) is 4.95. The van der Waals surface area contributed by atoms with Crippen molar-refractivity contribution in [1.29, 1.82) is 0 Å². The molecule has 92 valence electrons. The molecule has 1 saturated heterocycles. The highest BCUT2D eigenvalue weighted by Gasteiger charge is 2.32. The largest absolute Gasteiger partial charge is 0.393 e. The Labute approximate surface area is 102 Å². The van der Waals surface area contributed by atoms with Crippen LogP contribution in [0.25, 0.3) is 0 Å². The summed E-state index contributed by atoms with van der Waals surface area (Å²) in [6.07, 6.45) is 0.379. The number of nitrogens with zero attached hydrogens (tertiary/aromatic N) is 1. The van der Waals surface area contributed by atoms with Crippen molar-refractivity contribution in [2.24, 2.45) is 5.92 Å². The van der Waals surface area contributed by atoms with Gasteiger partial charge in [0.25, 0.3) is 5.91 Å². The van der Waals surface area contributed by atoms with E-state index in [4.69, 9.17) is 0 Å². The molecule has 2 rings (SSSR count). The minimum atomic E-state index is -0.287. The molecule has 0 spiro atoms. The Balaban J connectivity index is 2.15. The van der Waals surface area contributed by atoms with E-state index >= 15 is 0 Å². The Hall–Kier alpha value is -1.35. The molecule has 1 fully saturated rings. The summed E-state index contributed by atoms with van der Waals surface area (Å²) in [6.45, 7) is 4.62. The fourth-order valence-corrected chi connectivity index (χ4v) is 2.35. The maximum Gasteiger partial charge on any atom is 0.254 e. The second-order valence-electron chi connectivity index (χ2n) is 4.95. The van der Waals surface area contributed by atoms with E-state index in [9.17, 15) is 9.90 Å². The molecule has 17 heavy (non-hydrogen) atoms. The standard InChI is InChI=1S/C14H19NO2/c1-10-9-15(11(2)8-13(10)16)14(17)12-6-4-3-5-7-12/h3-7,10-11,13,16H,8-9H2,1-2H3/t10-,11-,13+/m1/s1. The predicted molar refractivity (Wildman–Crippen MR) is 66.7 cm³/mol. The number of amides is 1. The molecule has 1 aromatic rings. The molecule has 1 amide bonds. The maximum absolute atomic E-state index is 12.3. The number of carbonyl (C=O) groups is 1. The zero-order valence-electron chi connectivity index (χ0n) is 10.3.